The van der Waals surface area contributed by atoms with Gasteiger partial charge in [-0.25, -0.2) is 17.8 Å². The number of nitrogen functional groups attached to an aromatic ring is 1. The second kappa shape index (κ2) is 5.26. The molecule has 2 rings (SSSR count). The van der Waals surface area contributed by atoms with E-state index < -0.39 is 20.7 Å². The molecule has 3 N–H and O–H groups in total. The van der Waals surface area contributed by atoms with Gasteiger partial charge in [0, 0.05) is 11.9 Å². The predicted octanol–water partition coefficient (Wildman–Crippen LogP) is 2.57. The minimum Gasteiger partial charge on any atom is -0.399 e. The molecule has 5 nitrogen and oxygen atoms in total. The van der Waals surface area contributed by atoms with Gasteiger partial charge in [-0.1, -0.05) is 11.6 Å². The molecule has 1 aromatic carbocycles. The van der Waals surface area contributed by atoms with Gasteiger partial charge in [-0.05, 0) is 36.8 Å². The first-order valence-corrected chi connectivity index (χ1v) is 7.36. The van der Waals surface area contributed by atoms with Crippen LogP contribution in [0.4, 0.5) is 15.8 Å². The summed E-state index contributed by atoms with van der Waals surface area (Å²) in [6.07, 6.45) is 1.49. The average Bonchev–Trinajstić information content (AvgIpc) is 2.36. The van der Waals surface area contributed by atoms with Crippen molar-refractivity contribution >= 4 is 33.0 Å². The number of pyridine rings is 1. The van der Waals surface area contributed by atoms with E-state index in [2.05, 4.69) is 9.71 Å². The van der Waals surface area contributed by atoms with Gasteiger partial charge < -0.3 is 5.73 Å². The number of aryl methyl sites for hydroxylation is 1. The van der Waals surface area contributed by atoms with E-state index in [0.29, 0.717) is 5.56 Å². The normalized spacial score (nSPS) is 11.3. The van der Waals surface area contributed by atoms with Crippen molar-refractivity contribution in [2.24, 2.45) is 0 Å². The molecule has 2 aromatic rings. The zero-order valence-electron chi connectivity index (χ0n) is 10.4. The highest BCUT2D eigenvalue weighted by molar-refractivity contribution is 7.92. The molecule has 0 aliphatic heterocycles. The summed E-state index contributed by atoms with van der Waals surface area (Å²) in [6, 6.07) is 4.79. The summed E-state index contributed by atoms with van der Waals surface area (Å²) in [7, 11) is -4.14. The number of sulfonamides is 1. The van der Waals surface area contributed by atoms with E-state index in [1.807, 2.05) is 0 Å². The lowest BCUT2D eigenvalue weighted by Gasteiger charge is -2.10. The van der Waals surface area contributed by atoms with Crippen molar-refractivity contribution in [3.05, 3.63) is 47.0 Å². The van der Waals surface area contributed by atoms with Gasteiger partial charge in [0.15, 0.2) is 5.15 Å². The van der Waals surface area contributed by atoms with Crippen LogP contribution >= 0.6 is 11.6 Å². The SMILES string of the molecule is Cc1cnc(Cl)c(NS(=O)(=O)c2cc(N)ccc2F)c1. The first-order valence-electron chi connectivity index (χ1n) is 5.49. The molecule has 0 amide bonds. The van der Waals surface area contributed by atoms with E-state index in [1.165, 1.54) is 18.3 Å². The van der Waals surface area contributed by atoms with E-state index >= 15 is 0 Å². The number of hydrogen-bond acceptors (Lipinski definition) is 4. The summed E-state index contributed by atoms with van der Waals surface area (Å²) in [4.78, 5) is 3.27. The Balaban J connectivity index is 2.46. The number of anilines is 2. The maximum Gasteiger partial charge on any atom is 0.264 e. The number of aromatic nitrogens is 1. The third-order valence-electron chi connectivity index (χ3n) is 2.46. The third-order valence-corrected chi connectivity index (χ3v) is 4.15. The zero-order valence-corrected chi connectivity index (χ0v) is 12.0. The number of hydrogen-bond donors (Lipinski definition) is 2. The number of nitrogens with zero attached hydrogens (tertiary/aromatic N) is 1. The van der Waals surface area contributed by atoms with E-state index in [1.54, 1.807) is 6.92 Å². The quantitative estimate of drug-likeness (QED) is 0.673. The Morgan fingerprint density at radius 3 is 2.75 bits per heavy atom. The van der Waals surface area contributed by atoms with Gasteiger partial charge in [0.25, 0.3) is 10.0 Å². The average molecular weight is 316 g/mol. The molecule has 106 valence electrons. The van der Waals surface area contributed by atoms with Crippen LogP contribution in [0.15, 0.2) is 35.4 Å². The fraction of sp³-hybridized carbons (Fsp3) is 0.0833. The molecule has 0 saturated heterocycles. The summed E-state index contributed by atoms with van der Waals surface area (Å²) in [6.45, 7) is 1.72. The maximum absolute atomic E-state index is 13.6. The van der Waals surface area contributed by atoms with Crippen LogP contribution in [0.3, 0.4) is 0 Å². The molecule has 0 aliphatic rings. The Hall–Kier alpha value is -1.86. The first-order chi connectivity index (χ1) is 9.29. The van der Waals surface area contributed by atoms with Gasteiger partial charge in [0.05, 0.1) is 5.69 Å². The van der Waals surface area contributed by atoms with Crippen molar-refractivity contribution < 1.29 is 12.8 Å². The van der Waals surface area contributed by atoms with E-state index in [4.69, 9.17) is 17.3 Å². The van der Waals surface area contributed by atoms with Crippen molar-refractivity contribution in [2.45, 2.75) is 11.8 Å². The monoisotopic (exact) mass is 315 g/mol. The van der Waals surface area contributed by atoms with Gasteiger partial charge in [0.1, 0.15) is 10.7 Å². The fourth-order valence-electron chi connectivity index (χ4n) is 1.55. The number of benzene rings is 1. The Bertz CT molecular complexity index is 765. The van der Waals surface area contributed by atoms with Crippen LogP contribution in [0, 0.1) is 12.7 Å². The molecule has 0 atom stereocenters. The van der Waals surface area contributed by atoms with E-state index in [-0.39, 0.29) is 16.5 Å². The number of nitrogens with two attached hydrogens (primary N) is 1. The molecule has 0 spiro atoms. The van der Waals surface area contributed by atoms with Crippen LogP contribution in [0.25, 0.3) is 0 Å². The van der Waals surface area contributed by atoms with Crippen LogP contribution < -0.4 is 10.5 Å². The highest BCUT2D eigenvalue weighted by Crippen LogP contribution is 2.25. The largest absolute Gasteiger partial charge is 0.399 e. The molecule has 1 heterocycles. The van der Waals surface area contributed by atoms with Crippen molar-refractivity contribution in [1.29, 1.82) is 0 Å². The first kappa shape index (κ1) is 14.5. The fourth-order valence-corrected chi connectivity index (χ4v) is 2.93. The standard InChI is InChI=1S/C12H11ClFN3O2S/c1-7-4-10(12(13)16-6-7)17-20(18,19)11-5-8(15)2-3-9(11)14/h2-6,17H,15H2,1H3. The molecular weight excluding hydrogens is 305 g/mol. The molecule has 0 bridgehead atoms. The van der Waals surface area contributed by atoms with Crippen molar-refractivity contribution in [2.75, 3.05) is 10.5 Å². The number of halogens is 2. The Morgan fingerprint density at radius 1 is 1.35 bits per heavy atom. The predicted molar refractivity (Wildman–Crippen MR) is 75.6 cm³/mol. The highest BCUT2D eigenvalue weighted by Gasteiger charge is 2.21. The van der Waals surface area contributed by atoms with Crippen LogP contribution in [-0.2, 0) is 10.0 Å². The van der Waals surface area contributed by atoms with Gasteiger partial charge in [-0.15, -0.1) is 0 Å². The summed E-state index contributed by atoms with van der Waals surface area (Å²) >= 11 is 5.80. The van der Waals surface area contributed by atoms with Crippen molar-refractivity contribution in [3.63, 3.8) is 0 Å². The van der Waals surface area contributed by atoms with Gasteiger partial charge in [-0.2, -0.15) is 0 Å². The molecule has 0 unspecified atom stereocenters. The second-order valence-corrected chi connectivity index (χ2v) is 6.16. The van der Waals surface area contributed by atoms with E-state index in [0.717, 1.165) is 12.1 Å². The van der Waals surface area contributed by atoms with Crippen molar-refractivity contribution in [1.82, 2.24) is 4.98 Å². The maximum atomic E-state index is 13.6. The summed E-state index contributed by atoms with van der Waals surface area (Å²) in [5.74, 6) is -0.900. The summed E-state index contributed by atoms with van der Waals surface area (Å²) in [5.41, 5.74) is 6.40. The zero-order chi connectivity index (χ0) is 14.9. The Kier molecular flexibility index (Phi) is 3.82. The molecule has 8 heteroatoms. The molecule has 0 fully saturated rings. The molecule has 20 heavy (non-hydrogen) atoms. The summed E-state index contributed by atoms with van der Waals surface area (Å²) in [5, 5.41) is -0.0245. The lowest BCUT2D eigenvalue weighted by molar-refractivity contribution is 0.570. The van der Waals surface area contributed by atoms with Crippen molar-refractivity contribution in [3.8, 4) is 0 Å². The van der Waals surface area contributed by atoms with Crippen LogP contribution in [-0.4, -0.2) is 13.4 Å². The summed E-state index contributed by atoms with van der Waals surface area (Å²) < 4.78 is 40.1. The second-order valence-electron chi connectivity index (χ2n) is 4.15. The van der Waals surface area contributed by atoms with E-state index in [9.17, 15) is 12.8 Å². The number of nitrogens with one attached hydrogen (secondary N) is 1. The van der Waals surface area contributed by atoms with Gasteiger partial charge in [-0.3, -0.25) is 4.72 Å². The topological polar surface area (TPSA) is 85.1 Å². The van der Waals surface area contributed by atoms with Crippen LogP contribution in [0.1, 0.15) is 5.56 Å². The molecule has 0 radical (unpaired) electrons. The Labute approximate surface area is 120 Å². The third kappa shape index (κ3) is 3.00. The lowest BCUT2D eigenvalue weighted by Crippen LogP contribution is -2.15. The lowest BCUT2D eigenvalue weighted by atomic mass is 10.3. The minimum absolute atomic E-state index is 0.0245. The smallest absolute Gasteiger partial charge is 0.264 e. The molecule has 0 saturated carbocycles. The van der Waals surface area contributed by atoms with Crippen LogP contribution in [0.5, 0.6) is 0 Å². The molecular formula is C12H11ClFN3O2S. The van der Waals surface area contributed by atoms with Gasteiger partial charge >= 0.3 is 0 Å². The Morgan fingerprint density at radius 2 is 2.05 bits per heavy atom. The molecule has 0 aliphatic carbocycles. The number of rotatable bonds is 3. The van der Waals surface area contributed by atoms with Gasteiger partial charge in [0.2, 0.25) is 0 Å². The minimum atomic E-state index is -4.14. The highest BCUT2D eigenvalue weighted by atomic mass is 35.5. The van der Waals surface area contributed by atoms with Crippen LogP contribution in [0.2, 0.25) is 5.15 Å². The molecule has 1 aromatic heterocycles.